The van der Waals surface area contributed by atoms with Crippen molar-refractivity contribution in [2.45, 2.75) is 39.5 Å². The Morgan fingerprint density at radius 2 is 1.92 bits per heavy atom. The maximum atomic E-state index is 10.4. The van der Waals surface area contributed by atoms with Crippen LogP contribution in [0.4, 0.5) is 0 Å². The average molecular weight is 224 g/mol. The first-order valence-corrected chi connectivity index (χ1v) is 3.95. The molecule has 0 heterocycles. The number of carboxylic acids is 1. The number of unbranched alkanes of at least 4 members (excludes halogenated alkanes) is 1. The van der Waals surface area contributed by atoms with E-state index in [1.807, 2.05) is 6.92 Å². The Bertz CT molecular complexity index is 116. The summed E-state index contributed by atoms with van der Waals surface area (Å²) in [5, 5.41) is 8.60. The molecule has 0 fully saturated rings. The molecule has 0 saturated heterocycles. The van der Waals surface area contributed by atoms with E-state index in [2.05, 4.69) is 6.92 Å². The number of hydrogen-bond donors (Lipinski definition) is 1. The molecular formula is C8H18K2O2. The molecule has 0 aromatic carbocycles. The van der Waals surface area contributed by atoms with Gasteiger partial charge in [0.15, 0.2) is 0 Å². The van der Waals surface area contributed by atoms with E-state index in [0.717, 1.165) is 25.7 Å². The molecule has 0 spiro atoms. The number of rotatable bonds is 5. The number of aliphatic carboxylic acids is 1. The third kappa shape index (κ3) is 10.8. The molecule has 1 N–H and O–H groups in total. The van der Waals surface area contributed by atoms with Crippen LogP contribution in [0.25, 0.3) is 0 Å². The molecule has 0 amide bonds. The molecule has 0 radical (unpaired) electrons. The van der Waals surface area contributed by atoms with Gasteiger partial charge in [-0.1, -0.05) is 26.7 Å². The minimum atomic E-state index is -0.643. The second-order valence-corrected chi connectivity index (χ2v) is 2.59. The molecule has 1 unspecified atom stereocenters. The van der Waals surface area contributed by atoms with Gasteiger partial charge in [-0.2, -0.15) is 0 Å². The molecule has 64 valence electrons. The summed E-state index contributed by atoms with van der Waals surface area (Å²) in [7, 11) is 0. The zero-order valence-corrected chi connectivity index (χ0v) is 15.0. The summed E-state index contributed by atoms with van der Waals surface area (Å²) in [6.07, 6.45) is 3.71. The molecule has 2 nitrogen and oxygen atoms in total. The number of carbonyl (C=O) groups is 1. The maximum Gasteiger partial charge on any atom is 1.00 e. The number of carboxylic acid groups (broad SMARTS) is 1. The first-order valence-electron chi connectivity index (χ1n) is 3.95. The van der Waals surface area contributed by atoms with Crippen LogP contribution in [-0.2, 0) is 4.79 Å². The smallest absolute Gasteiger partial charge is 1.00 e. The van der Waals surface area contributed by atoms with Crippen molar-refractivity contribution < 1.29 is 116 Å². The zero-order chi connectivity index (χ0) is 7.98. The van der Waals surface area contributed by atoms with Crippen molar-refractivity contribution in [3.63, 3.8) is 0 Å². The molecular weight excluding hydrogens is 206 g/mol. The van der Waals surface area contributed by atoms with Crippen LogP contribution < -0.4 is 103 Å². The van der Waals surface area contributed by atoms with Crippen molar-refractivity contribution in [2.75, 3.05) is 0 Å². The Kier molecular flexibility index (Phi) is 23.1. The van der Waals surface area contributed by atoms with Gasteiger partial charge in [-0.05, 0) is 12.8 Å². The molecule has 0 aliphatic rings. The van der Waals surface area contributed by atoms with Crippen LogP contribution in [0, 0.1) is 5.92 Å². The fourth-order valence-corrected chi connectivity index (χ4v) is 0.953. The summed E-state index contributed by atoms with van der Waals surface area (Å²) in [6, 6.07) is 0. The van der Waals surface area contributed by atoms with E-state index in [-0.39, 0.29) is 112 Å². The van der Waals surface area contributed by atoms with Crippen LogP contribution in [0.2, 0.25) is 0 Å². The fraction of sp³-hybridized carbons (Fsp3) is 0.875. The van der Waals surface area contributed by atoms with Gasteiger partial charge in [0.2, 0.25) is 0 Å². The molecule has 0 aromatic rings. The third-order valence-electron chi connectivity index (χ3n) is 1.75. The Hall–Kier alpha value is 2.74. The Labute approximate surface area is 163 Å². The summed E-state index contributed by atoms with van der Waals surface area (Å²) in [4.78, 5) is 10.4. The zero-order valence-electron chi connectivity index (χ0n) is 10.8. The summed E-state index contributed by atoms with van der Waals surface area (Å²) < 4.78 is 0. The Morgan fingerprint density at radius 1 is 1.42 bits per heavy atom. The van der Waals surface area contributed by atoms with E-state index in [0.29, 0.717) is 0 Å². The second kappa shape index (κ2) is 13.7. The van der Waals surface area contributed by atoms with Crippen LogP contribution >= 0.6 is 0 Å². The van der Waals surface area contributed by atoms with Crippen molar-refractivity contribution in [3.05, 3.63) is 0 Å². The predicted molar refractivity (Wildman–Crippen MR) is 43.2 cm³/mol. The second-order valence-electron chi connectivity index (χ2n) is 2.59. The summed E-state index contributed by atoms with van der Waals surface area (Å²) in [6.45, 7) is 4.00. The van der Waals surface area contributed by atoms with Gasteiger partial charge >= 0.3 is 109 Å². The van der Waals surface area contributed by atoms with Gasteiger partial charge in [0.25, 0.3) is 0 Å². The molecule has 1 atom stereocenters. The van der Waals surface area contributed by atoms with Crippen LogP contribution in [0.5, 0.6) is 0 Å². The molecule has 0 bridgehead atoms. The van der Waals surface area contributed by atoms with Gasteiger partial charge in [0.05, 0.1) is 5.92 Å². The molecule has 4 heteroatoms. The SMILES string of the molecule is CCCCC(CC)C(=O)O.[H-].[H-].[K+].[K+]. The van der Waals surface area contributed by atoms with Crippen molar-refractivity contribution in [1.29, 1.82) is 0 Å². The first-order chi connectivity index (χ1) is 4.72. The standard InChI is InChI=1S/C8H16O2.2K.2H/c1-3-5-6-7(4-2)8(9)10;;;;/h7H,3-6H2,1-2H3,(H,9,10);;;;/q;2*+1;2*-1. The molecule has 0 aliphatic heterocycles. The molecule has 0 rings (SSSR count). The maximum absolute atomic E-state index is 10.4. The predicted octanol–water partition coefficient (Wildman–Crippen LogP) is -3.48. The summed E-state index contributed by atoms with van der Waals surface area (Å²) in [5.41, 5.74) is 0. The third-order valence-corrected chi connectivity index (χ3v) is 1.75. The monoisotopic (exact) mass is 224 g/mol. The molecule has 12 heavy (non-hydrogen) atoms. The Morgan fingerprint density at radius 3 is 2.17 bits per heavy atom. The van der Waals surface area contributed by atoms with Crippen molar-refractivity contribution >= 4 is 5.97 Å². The van der Waals surface area contributed by atoms with Crippen LogP contribution in [0.1, 0.15) is 42.4 Å². The van der Waals surface area contributed by atoms with Gasteiger partial charge in [-0.3, -0.25) is 4.79 Å². The Balaban J connectivity index is -0.0000000675. The van der Waals surface area contributed by atoms with E-state index >= 15 is 0 Å². The van der Waals surface area contributed by atoms with Gasteiger partial charge in [0, 0.05) is 0 Å². The fourth-order valence-electron chi connectivity index (χ4n) is 0.953. The largest absolute Gasteiger partial charge is 1.00 e. The quantitative estimate of drug-likeness (QED) is 0.493. The van der Waals surface area contributed by atoms with Gasteiger partial charge in [-0.15, -0.1) is 0 Å². The minimum absolute atomic E-state index is 0. The van der Waals surface area contributed by atoms with Crippen LogP contribution in [-0.4, -0.2) is 11.1 Å². The average Bonchev–Trinajstić information content (AvgIpc) is 1.89. The number of hydrogen-bond acceptors (Lipinski definition) is 1. The van der Waals surface area contributed by atoms with Gasteiger partial charge in [-0.25, -0.2) is 0 Å². The van der Waals surface area contributed by atoms with E-state index < -0.39 is 5.97 Å². The van der Waals surface area contributed by atoms with Crippen LogP contribution in [0.15, 0.2) is 0 Å². The molecule has 0 aromatic heterocycles. The van der Waals surface area contributed by atoms with E-state index in [1.165, 1.54) is 0 Å². The van der Waals surface area contributed by atoms with Gasteiger partial charge in [0.1, 0.15) is 0 Å². The van der Waals surface area contributed by atoms with Crippen molar-refractivity contribution in [2.24, 2.45) is 5.92 Å². The minimum Gasteiger partial charge on any atom is -1.00 e. The summed E-state index contributed by atoms with van der Waals surface area (Å²) >= 11 is 0. The van der Waals surface area contributed by atoms with Crippen molar-refractivity contribution in [1.82, 2.24) is 0 Å². The topological polar surface area (TPSA) is 37.3 Å². The van der Waals surface area contributed by atoms with E-state index in [1.54, 1.807) is 0 Å². The van der Waals surface area contributed by atoms with Crippen molar-refractivity contribution in [3.8, 4) is 0 Å². The van der Waals surface area contributed by atoms with E-state index in [9.17, 15) is 4.79 Å². The summed E-state index contributed by atoms with van der Waals surface area (Å²) in [5.74, 6) is -0.754. The van der Waals surface area contributed by atoms with Crippen LogP contribution in [0.3, 0.4) is 0 Å². The molecule has 0 saturated carbocycles. The first kappa shape index (κ1) is 20.2. The van der Waals surface area contributed by atoms with E-state index in [4.69, 9.17) is 5.11 Å². The molecule has 0 aliphatic carbocycles. The van der Waals surface area contributed by atoms with Gasteiger partial charge < -0.3 is 7.96 Å². The normalized spacial score (nSPS) is 10.8.